The van der Waals surface area contributed by atoms with Crippen molar-refractivity contribution in [1.82, 2.24) is 10.2 Å². The molecule has 1 aliphatic rings. The predicted molar refractivity (Wildman–Crippen MR) is 180 cm³/mol. The molecule has 4 aromatic rings. The Morgan fingerprint density at radius 1 is 0.826 bits per heavy atom. The van der Waals surface area contributed by atoms with E-state index in [9.17, 15) is 18.0 Å². The third kappa shape index (κ3) is 8.34. The summed E-state index contributed by atoms with van der Waals surface area (Å²) < 4.78 is 35.2. The first-order valence-corrected chi connectivity index (χ1v) is 17.2. The van der Waals surface area contributed by atoms with Crippen LogP contribution < -0.4 is 14.4 Å². The van der Waals surface area contributed by atoms with Crippen molar-refractivity contribution in [2.24, 2.45) is 0 Å². The molecule has 0 heterocycles. The monoisotopic (exact) mass is 639 g/mol. The zero-order chi connectivity index (χ0) is 32.5. The Hall–Kier alpha value is -4.63. The lowest BCUT2D eigenvalue weighted by molar-refractivity contribution is -0.139. The molecule has 240 valence electrons. The van der Waals surface area contributed by atoms with Crippen LogP contribution in [0.4, 0.5) is 5.69 Å². The minimum atomic E-state index is -4.16. The Bertz CT molecular complexity index is 1710. The zero-order valence-corrected chi connectivity index (χ0v) is 27.2. The molecule has 0 saturated heterocycles. The highest BCUT2D eigenvalue weighted by Gasteiger charge is 2.33. The summed E-state index contributed by atoms with van der Waals surface area (Å²) in [6.45, 7) is 3.33. The van der Waals surface area contributed by atoms with E-state index in [-0.39, 0.29) is 23.4 Å². The van der Waals surface area contributed by atoms with Gasteiger partial charge in [-0.25, -0.2) is 8.42 Å². The summed E-state index contributed by atoms with van der Waals surface area (Å²) in [5.41, 5.74) is 2.17. The SMILES string of the molecule is Cc1cccc(CN(C(=O)CN(c2ccc(Oc3ccccc3)cc2)S(=O)(=O)c2ccccc2)[C@@H](C)C(=O)NC2CCCCC2)c1. The molecule has 0 aliphatic heterocycles. The predicted octanol–water partition coefficient (Wildman–Crippen LogP) is 6.85. The summed E-state index contributed by atoms with van der Waals surface area (Å²) in [4.78, 5) is 29.3. The number of amides is 2. The Balaban J connectivity index is 1.45. The van der Waals surface area contributed by atoms with Crippen LogP contribution in [0.1, 0.15) is 50.2 Å². The molecule has 2 amide bonds. The molecular weight excluding hydrogens is 598 g/mol. The highest BCUT2D eigenvalue weighted by atomic mass is 32.2. The number of nitrogens with zero attached hydrogens (tertiary/aromatic N) is 2. The van der Waals surface area contributed by atoms with Crippen molar-refractivity contribution in [3.63, 3.8) is 0 Å². The number of hydrogen-bond donors (Lipinski definition) is 1. The van der Waals surface area contributed by atoms with Gasteiger partial charge >= 0.3 is 0 Å². The normalized spacial score (nSPS) is 14.2. The van der Waals surface area contributed by atoms with E-state index < -0.39 is 28.5 Å². The standard InChI is InChI=1S/C37H41N3O5S/c1-28-13-12-14-30(25-28)26-39(29(2)37(42)38-31-15-6-3-7-16-31)36(41)27-40(46(43,44)35-19-10-5-11-20-35)32-21-23-34(24-22-32)45-33-17-8-4-9-18-33/h4-5,8-14,17-25,29,31H,3,6-7,15-16,26-27H2,1-2H3,(H,38,42)/t29-/m0/s1. The second-order valence-electron chi connectivity index (χ2n) is 11.8. The van der Waals surface area contributed by atoms with E-state index in [1.54, 1.807) is 49.4 Å². The number of ether oxygens (including phenoxy) is 1. The molecule has 0 spiro atoms. The van der Waals surface area contributed by atoms with Crippen LogP contribution in [0.2, 0.25) is 0 Å². The van der Waals surface area contributed by atoms with Gasteiger partial charge < -0.3 is 15.0 Å². The molecular formula is C37H41N3O5S. The van der Waals surface area contributed by atoms with Crippen LogP contribution in [-0.4, -0.2) is 43.8 Å². The van der Waals surface area contributed by atoms with E-state index in [2.05, 4.69) is 5.32 Å². The number of para-hydroxylation sites is 1. The minimum Gasteiger partial charge on any atom is -0.457 e. The van der Waals surface area contributed by atoms with Crippen LogP contribution in [0, 0.1) is 6.92 Å². The average Bonchev–Trinajstić information content (AvgIpc) is 3.07. The van der Waals surface area contributed by atoms with Crippen molar-refractivity contribution in [3.8, 4) is 11.5 Å². The number of sulfonamides is 1. The zero-order valence-electron chi connectivity index (χ0n) is 26.3. The van der Waals surface area contributed by atoms with Crippen LogP contribution in [-0.2, 0) is 26.2 Å². The highest BCUT2D eigenvalue weighted by Crippen LogP contribution is 2.29. The van der Waals surface area contributed by atoms with E-state index in [1.165, 1.54) is 17.0 Å². The van der Waals surface area contributed by atoms with E-state index in [1.807, 2.05) is 61.5 Å². The largest absolute Gasteiger partial charge is 0.457 e. The molecule has 9 heteroatoms. The Labute approximate surface area is 272 Å². The van der Waals surface area contributed by atoms with Crippen LogP contribution in [0.25, 0.3) is 0 Å². The number of nitrogens with one attached hydrogen (secondary N) is 1. The Morgan fingerprint density at radius 2 is 1.46 bits per heavy atom. The molecule has 0 aromatic heterocycles. The lowest BCUT2D eigenvalue weighted by atomic mass is 9.95. The summed E-state index contributed by atoms with van der Waals surface area (Å²) in [6, 6.07) is 30.9. The smallest absolute Gasteiger partial charge is 0.264 e. The van der Waals surface area contributed by atoms with Gasteiger partial charge in [0.25, 0.3) is 10.0 Å². The van der Waals surface area contributed by atoms with Crippen molar-refractivity contribution in [3.05, 3.63) is 120 Å². The fourth-order valence-electron chi connectivity index (χ4n) is 5.71. The maximum atomic E-state index is 14.3. The van der Waals surface area contributed by atoms with Crippen molar-refractivity contribution in [2.75, 3.05) is 10.8 Å². The maximum absolute atomic E-state index is 14.3. The van der Waals surface area contributed by atoms with E-state index >= 15 is 0 Å². The number of carbonyl (C=O) groups excluding carboxylic acids is 2. The van der Waals surface area contributed by atoms with E-state index in [4.69, 9.17) is 4.74 Å². The molecule has 8 nitrogen and oxygen atoms in total. The average molecular weight is 640 g/mol. The summed E-state index contributed by atoms with van der Waals surface area (Å²) in [5, 5.41) is 3.14. The van der Waals surface area contributed by atoms with Gasteiger partial charge in [0.05, 0.1) is 10.6 Å². The topological polar surface area (TPSA) is 96.0 Å². The molecule has 0 radical (unpaired) electrons. The fraction of sp³-hybridized carbons (Fsp3) is 0.297. The van der Waals surface area contributed by atoms with Crippen molar-refractivity contribution >= 4 is 27.5 Å². The summed E-state index contributed by atoms with van der Waals surface area (Å²) >= 11 is 0. The molecule has 1 saturated carbocycles. The number of anilines is 1. The van der Waals surface area contributed by atoms with Crippen LogP contribution in [0.15, 0.2) is 114 Å². The Kier molecular flexibility index (Phi) is 10.8. The summed E-state index contributed by atoms with van der Waals surface area (Å²) in [6.07, 6.45) is 5.11. The number of hydrogen-bond acceptors (Lipinski definition) is 5. The highest BCUT2D eigenvalue weighted by molar-refractivity contribution is 7.92. The number of carbonyl (C=O) groups is 2. The van der Waals surface area contributed by atoms with Gasteiger partial charge in [-0.2, -0.15) is 0 Å². The minimum absolute atomic E-state index is 0.0562. The van der Waals surface area contributed by atoms with Gasteiger partial charge in [0.2, 0.25) is 11.8 Å². The molecule has 1 N–H and O–H groups in total. The second-order valence-corrected chi connectivity index (χ2v) is 13.6. The maximum Gasteiger partial charge on any atom is 0.264 e. The van der Waals surface area contributed by atoms with Gasteiger partial charge in [0, 0.05) is 12.6 Å². The van der Waals surface area contributed by atoms with Gasteiger partial charge in [-0.1, -0.05) is 85.5 Å². The summed E-state index contributed by atoms with van der Waals surface area (Å²) in [7, 11) is -4.16. The van der Waals surface area contributed by atoms with Gasteiger partial charge in [-0.05, 0) is 80.8 Å². The third-order valence-electron chi connectivity index (χ3n) is 8.27. The first-order chi connectivity index (χ1) is 22.2. The molecule has 0 bridgehead atoms. The van der Waals surface area contributed by atoms with Crippen LogP contribution >= 0.6 is 0 Å². The molecule has 1 atom stereocenters. The quantitative estimate of drug-likeness (QED) is 0.183. The van der Waals surface area contributed by atoms with Crippen LogP contribution in [0.5, 0.6) is 11.5 Å². The van der Waals surface area contributed by atoms with Gasteiger partial charge in [0.1, 0.15) is 24.1 Å². The van der Waals surface area contributed by atoms with E-state index in [0.29, 0.717) is 17.2 Å². The molecule has 5 rings (SSSR count). The number of aryl methyl sites for hydroxylation is 1. The second kappa shape index (κ2) is 15.1. The first kappa shape index (κ1) is 32.8. The number of benzene rings is 4. The third-order valence-corrected chi connectivity index (χ3v) is 10.1. The lowest BCUT2D eigenvalue weighted by Crippen LogP contribution is -2.53. The first-order valence-electron chi connectivity index (χ1n) is 15.8. The van der Waals surface area contributed by atoms with Gasteiger partial charge in [0.15, 0.2) is 0 Å². The van der Waals surface area contributed by atoms with Gasteiger partial charge in [-0.15, -0.1) is 0 Å². The van der Waals surface area contributed by atoms with Crippen molar-refractivity contribution in [2.45, 2.75) is 69.5 Å². The molecule has 1 fully saturated rings. The molecule has 0 unspecified atom stereocenters. The molecule has 1 aliphatic carbocycles. The van der Waals surface area contributed by atoms with Gasteiger partial charge in [-0.3, -0.25) is 13.9 Å². The summed E-state index contributed by atoms with van der Waals surface area (Å²) in [5.74, 6) is 0.434. The molecule has 4 aromatic carbocycles. The van der Waals surface area contributed by atoms with Crippen LogP contribution in [0.3, 0.4) is 0 Å². The van der Waals surface area contributed by atoms with E-state index in [0.717, 1.165) is 47.5 Å². The molecule has 46 heavy (non-hydrogen) atoms. The number of rotatable bonds is 12. The van der Waals surface area contributed by atoms with Crippen molar-refractivity contribution < 1.29 is 22.7 Å². The lowest BCUT2D eigenvalue weighted by Gasteiger charge is -2.33. The van der Waals surface area contributed by atoms with Crippen molar-refractivity contribution in [1.29, 1.82) is 0 Å². The Morgan fingerprint density at radius 3 is 2.11 bits per heavy atom. The fourth-order valence-corrected chi connectivity index (χ4v) is 7.15.